The van der Waals surface area contributed by atoms with E-state index in [1.165, 1.54) is 6.42 Å². The first kappa shape index (κ1) is 13.8. The molecule has 0 radical (unpaired) electrons. The molecule has 0 aromatic carbocycles. The summed E-state index contributed by atoms with van der Waals surface area (Å²) in [5, 5.41) is 7.58. The Kier molecular flexibility index (Phi) is 3.78. The maximum absolute atomic E-state index is 7.58. The molecule has 0 spiro atoms. The van der Waals surface area contributed by atoms with Crippen LogP contribution < -0.4 is 10.5 Å². The predicted molar refractivity (Wildman–Crippen MR) is 76.5 cm³/mol. The predicted octanol–water partition coefficient (Wildman–Crippen LogP) is 2.96. The Hall–Kier alpha value is -1.58. The van der Waals surface area contributed by atoms with E-state index < -0.39 is 0 Å². The summed E-state index contributed by atoms with van der Waals surface area (Å²) in [5.41, 5.74) is 6.51. The van der Waals surface area contributed by atoms with Gasteiger partial charge in [0.05, 0.1) is 17.9 Å². The molecule has 4 nitrogen and oxygen atoms in total. The molecule has 2 atom stereocenters. The third-order valence-corrected chi connectivity index (χ3v) is 3.71. The minimum Gasteiger partial charge on any atom is -0.488 e. The number of amidine groups is 1. The molecule has 2 rings (SSSR count). The first-order chi connectivity index (χ1) is 8.87. The van der Waals surface area contributed by atoms with Crippen LogP contribution in [0.3, 0.4) is 0 Å². The molecule has 0 amide bonds. The van der Waals surface area contributed by atoms with E-state index in [0.717, 1.165) is 12.8 Å². The normalized spacial score (nSPS) is 25.8. The highest BCUT2D eigenvalue weighted by Gasteiger charge is 2.33. The van der Waals surface area contributed by atoms with Gasteiger partial charge >= 0.3 is 0 Å². The molecule has 0 saturated heterocycles. The first-order valence-corrected chi connectivity index (χ1v) is 6.82. The number of aromatic nitrogens is 1. The number of pyridine rings is 1. The summed E-state index contributed by atoms with van der Waals surface area (Å²) in [6.07, 6.45) is 6.79. The zero-order chi connectivity index (χ0) is 14.0. The second-order valence-electron chi connectivity index (χ2n) is 6.44. The fourth-order valence-electron chi connectivity index (χ4n) is 3.22. The molecule has 19 heavy (non-hydrogen) atoms. The SMILES string of the molecule is CC1CC(Oc2cnccc2C(=N)N)CC(C)(C)C1. The van der Waals surface area contributed by atoms with Crippen molar-refractivity contribution >= 4 is 5.84 Å². The van der Waals surface area contributed by atoms with Crippen molar-refractivity contribution < 1.29 is 4.74 Å². The van der Waals surface area contributed by atoms with E-state index in [4.69, 9.17) is 15.9 Å². The van der Waals surface area contributed by atoms with Crippen LogP contribution in [0.1, 0.15) is 45.6 Å². The lowest BCUT2D eigenvalue weighted by molar-refractivity contribution is 0.0559. The van der Waals surface area contributed by atoms with Crippen LogP contribution in [0.2, 0.25) is 0 Å². The summed E-state index contributed by atoms with van der Waals surface area (Å²) in [7, 11) is 0. The minimum atomic E-state index is 0.0283. The number of nitrogens with zero attached hydrogens (tertiary/aromatic N) is 1. The van der Waals surface area contributed by atoms with Gasteiger partial charge in [-0.25, -0.2) is 0 Å². The van der Waals surface area contributed by atoms with Crippen molar-refractivity contribution in [3.05, 3.63) is 24.0 Å². The largest absolute Gasteiger partial charge is 0.488 e. The summed E-state index contributed by atoms with van der Waals surface area (Å²) < 4.78 is 6.07. The molecule has 1 heterocycles. The summed E-state index contributed by atoms with van der Waals surface area (Å²) in [5.74, 6) is 1.32. The van der Waals surface area contributed by atoms with Gasteiger partial charge in [0.1, 0.15) is 11.6 Å². The van der Waals surface area contributed by atoms with Crippen molar-refractivity contribution in [3.63, 3.8) is 0 Å². The second-order valence-corrected chi connectivity index (χ2v) is 6.44. The number of hydrogen-bond acceptors (Lipinski definition) is 3. The molecular formula is C15H23N3O. The van der Waals surface area contributed by atoms with Gasteiger partial charge in [-0.15, -0.1) is 0 Å². The monoisotopic (exact) mass is 261 g/mol. The molecule has 1 aromatic rings. The summed E-state index contributed by atoms with van der Waals surface area (Å²) >= 11 is 0. The van der Waals surface area contributed by atoms with Gasteiger partial charge in [-0.1, -0.05) is 20.8 Å². The van der Waals surface area contributed by atoms with Gasteiger partial charge in [0.2, 0.25) is 0 Å². The Balaban J connectivity index is 2.15. The average Bonchev–Trinajstić information content (AvgIpc) is 2.26. The van der Waals surface area contributed by atoms with Crippen molar-refractivity contribution in [2.75, 3.05) is 0 Å². The minimum absolute atomic E-state index is 0.0283. The Bertz CT molecular complexity index is 470. The lowest BCUT2D eigenvalue weighted by Crippen LogP contribution is -2.34. The average molecular weight is 261 g/mol. The molecule has 0 aliphatic heterocycles. The van der Waals surface area contributed by atoms with E-state index in [0.29, 0.717) is 22.6 Å². The molecule has 104 valence electrons. The number of hydrogen-bond donors (Lipinski definition) is 2. The third-order valence-electron chi connectivity index (χ3n) is 3.71. The summed E-state index contributed by atoms with van der Waals surface area (Å²) in [6, 6.07) is 1.73. The Morgan fingerprint density at radius 3 is 2.84 bits per heavy atom. The highest BCUT2D eigenvalue weighted by atomic mass is 16.5. The number of rotatable bonds is 3. The van der Waals surface area contributed by atoms with E-state index in [9.17, 15) is 0 Å². The van der Waals surface area contributed by atoms with Gasteiger partial charge in [-0.3, -0.25) is 10.4 Å². The Labute approximate surface area is 114 Å². The van der Waals surface area contributed by atoms with Gasteiger partial charge in [-0.2, -0.15) is 0 Å². The summed E-state index contributed by atoms with van der Waals surface area (Å²) in [4.78, 5) is 4.07. The van der Waals surface area contributed by atoms with E-state index in [2.05, 4.69) is 25.8 Å². The molecule has 0 bridgehead atoms. The molecular weight excluding hydrogens is 238 g/mol. The smallest absolute Gasteiger partial charge is 0.148 e. The lowest BCUT2D eigenvalue weighted by Gasteiger charge is -2.39. The van der Waals surface area contributed by atoms with Gasteiger partial charge in [0.15, 0.2) is 0 Å². The number of nitrogen functional groups attached to an aromatic ring is 1. The summed E-state index contributed by atoms with van der Waals surface area (Å²) in [6.45, 7) is 6.84. The van der Waals surface area contributed by atoms with Gasteiger partial charge in [0, 0.05) is 6.20 Å². The molecule has 1 fully saturated rings. The van der Waals surface area contributed by atoms with Crippen LogP contribution in [0, 0.1) is 16.7 Å². The van der Waals surface area contributed by atoms with Crippen molar-refractivity contribution in [1.82, 2.24) is 4.98 Å². The maximum Gasteiger partial charge on any atom is 0.148 e. The fraction of sp³-hybridized carbons (Fsp3) is 0.600. The van der Waals surface area contributed by atoms with Crippen LogP contribution in [0.25, 0.3) is 0 Å². The van der Waals surface area contributed by atoms with Crippen LogP contribution in [-0.2, 0) is 0 Å². The lowest BCUT2D eigenvalue weighted by atomic mass is 9.71. The molecule has 1 aromatic heterocycles. The highest BCUT2D eigenvalue weighted by molar-refractivity contribution is 5.97. The van der Waals surface area contributed by atoms with Crippen LogP contribution in [-0.4, -0.2) is 16.9 Å². The molecule has 1 aliphatic rings. The van der Waals surface area contributed by atoms with Crippen LogP contribution in [0.15, 0.2) is 18.5 Å². The van der Waals surface area contributed by atoms with Gasteiger partial charge < -0.3 is 10.5 Å². The zero-order valence-corrected chi connectivity index (χ0v) is 11.9. The number of nitrogens with one attached hydrogen (secondary N) is 1. The van der Waals surface area contributed by atoms with Crippen molar-refractivity contribution in [3.8, 4) is 5.75 Å². The van der Waals surface area contributed by atoms with Crippen LogP contribution >= 0.6 is 0 Å². The second kappa shape index (κ2) is 5.19. The van der Waals surface area contributed by atoms with Crippen molar-refractivity contribution in [2.45, 2.75) is 46.1 Å². The van der Waals surface area contributed by atoms with Gasteiger partial charge in [-0.05, 0) is 36.7 Å². The van der Waals surface area contributed by atoms with E-state index in [-0.39, 0.29) is 11.9 Å². The van der Waals surface area contributed by atoms with E-state index in [1.807, 2.05) is 0 Å². The zero-order valence-electron chi connectivity index (χ0n) is 11.9. The maximum atomic E-state index is 7.58. The fourth-order valence-corrected chi connectivity index (χ4v) is 3.22. The van der Waals surface area contributed by atoms with E-state index >= 15 is 0 Å². The number of ether oxygens (including phenoxy) is 1. The first-order valence-electron chi connectivity index (χ1n) is 6.82. The standard InChI is InChI=1S/C15H23N3O/c1-10-6-11(8-15(2,3)7-10)19-13-9-18-5-4-12(13)14(16)17/h4-5,9-11H,6-8H2,1-3H3,(H3,16,17). The topological polar surface area (TPSA) is 72.0 Å². The number of nitrogens with two attached hydrogens (primary N) is 1. The van der Waals surface area contributed by atoms with Crippen LogP contribution in [0.5, 0.6) is 5.75 Å². The highest BCUT2D eigenvalue weighted by Crippen LogP contribution is 2.40. The quantitative estimate of drug-likeness (QED) is 0.649. The Morgan fingerprint density at radius 1 is 1.47 bits per heavy atom. The molecule has 2 unspecified atom stereocenters. The third kappa shape index (κ3) is 3.46. The molecule has 4 heteroatoms. The Morgan fingerprint density at radius 2 is 2.21 bits per heavy atom. The van der Waals surface area contributed by atoms with E-state index in [1.54, 1.807) is 18.5 Å². The molecule has 1 saturated carbocycles. The molecule has 3 N–H and O–H groups in total. The van der Waals surface area contributed by atoms with Crippen LogP contribution in [0.4, 0.5) is 0 Å². The van der Waals surface area contributed by atoms with Crippen molar-refractivity contribution in [1.29, 1.82) is 5.41 Å². The van der Waals surface area contributed by atoms with Gasteiger partial charge in [0.25, 0.3) is 0 Å². The molecule has 1 aliphatic carbocycles. The van der Waals surface area contributed by atoms with Crippen molar-refractivity contribution in [2.24, 2.45) is 17.1 Å².